The molecule has 0 N–H and O–H groups in total. The van der Waals surface area contributed by atoms with Crippen LogP contribution in [0.15, 0.2) is 73.3 Å². The second-order valence-electron chi connectivity index (χ2n) is 6.40. The van der Waals surface area contributed by atoms with E-state index in [2.05, 4.69) is 89.7 Å². The van der Waals surface area contributed by atoms with Crippen molar-refractivity contribution in [2.24, 2.45) is 7.05 Å². The van der Waals surface area contributed by atoms with Crippen LogP contribution in [0.4, 0.5) is 0 Å². The molecule has 0 amide bonds. The van der Waals surface area contributed by atoms with Crippen molar-refractivity contribution in [3.8, 4) is 16.9 Å². The molecule has 0 atom stereocenters. The molecule has 4 aromatic rings. The summed E-state index contributed by atoms with van der Waals surface area (Å²) in [5.74, 6) is 0. The zero-order chi connectivity index (χ0) is 17.4. The van der Waals surface area contributed by atoms with Gasteiger partial charge in [-0.05, 0) is 24.4 Å². The molecule has 0 aliphatic heterocycles. The molecular formula is C22H21N3+2. The van der Waals surface area contributed by atoms with Gasteiger partial charge in [0, 0.05) is 24.6 Å². The normalized spacial score (nSPS) is 11.0. The second-order valence-corrected chi connectivity index (χ2v) is 6.40. The average molecular weight is 327 g/mol. The molecule has 2 aromatic heterocycles. The molecule has 0 radical (unpaired) electrons. The number of hydrogen-bond acceptors (Lipinski definition) is 1. The average Bonchev–Trinajstić information content (AvgIpc) is 2.63. The highest BCUT2D eigenvalue weighted by atomic mass is 15.0. The fourth-order valence-corrected chi connectivity index (χ4v) is 3.47. The van der Waals surface area contributed by atoms with Gasteiger partial charge in [0.1, 0.15) is 7.05 Å². The maximum Gasteiger partial charge on any atom is 0.231 e. The molecular weight excluding hydrogens is 306 g/mol. The summed E-state index contributed by atoms with van der Waals surface area (Å²) in [4.78, 5) is 4.34. The summed E-state index contributed by atoms with van der Waals surface area (Å²) < 4.78 is 4.40. The Morgan fingerprint density at radius 3 is 2.52 bits per heavy atom. The summed E-state index contributed by atoms with van der Waals surface area (Å²) in [6.45, 7) is 4.34. The number of nitrogens with zero attached hydrogens (tertiary/aromatic N) is 3. The topological polar surface area (TPSA) is 20.6 Å². The third-order valence-corrected chi connectivity index (χ3v) is 4.81. The lowest BCUT2D eigenvalue weighted by molar-refractivity contribution is -0.661. The number of pyridine rings is 1. The van der Waals surface area contributed by atoms with Crippen molar-refractivity contribution in [2.45, 2.75) is 13.8 Å². The minimum atomic E-state index is 1.11. The quantitative estimate of drug-likeness (QED) is 0.515. The third kappa shape index (κ3) is 2.58. The monoisotopic (exact) mass is 327 g/mol. The van der Waals surface area contributed by atoms with E-state index in [1.54, 1.807) is 0 Å². The van der Waals surface area contributed by atoms with Crippen molar-refractivity contribution < 1.29 is 9.13 Å². The van der Waals surface area contributed by atoms with Gasteiger partial charge in [0.2, 0.25) is 11.4 Å². The number of benzene rings is 2. The van der Waals surface area contributed by atoms with Gasteiger partial charge in [-0.1, -0.05) is 24.3 Å². The minimum absolute atomic E-state index is 1.11. The van der Waals surface area contributed by atoms with E-state index in [1.807, 2.05) is 18.6 Å². The van der Waals surface area contributed by atoms with Crippen LogP contribution in [0.25, 0.3) is 27.7 Å². The van der Waals surface area contributed by atoms with Gasteiger partial charge in [0.25, 0.3) is 0 Å². The summed E-state index contributed by atoms with van der Waals surface area (Å²) in [6, 6.07) is 17.1. The molecule has 0 fully saturated rings. The Hall–Kier alpha value is -3.07. The van der Waals surface area contributed by atoms with E-state index in [0.717, 1.165) is 5.69 Å². The number of aryl methyl sites for hydroxylation is 2. The van der Waals surface area contributed by atoms with Gasteiger partial charge in [0.15, 0.2) is 18.1 Å². The summed E-state index contributed by atoms with van der Waals surface area (Å²) in [6.07, 6.45) is 7.88. The first-order chi connectivity index (χ1) is 12.2. The largest absolute Gasteiger partial charge is 0.252 e. The molecule has 0 aliphatic rings. The highest BCUT2D eigenvalue weighted by Gasteiger charge is 2.23. The van der Waals surface area contributed by atoms with Gasteiger partial charge in [0.05, 0.1) is 23.3 Å². The number of fused-ring (bicyclic) bond motifs is 1. The lowest BCUT2D eigenvalue weighted by atomic mass is 9.96. The fourth-order valence-electron chi connectivity index (χ4n) is 3.47. The Bertz CT molecular complexity index is 1080. The molecule has 2 heterocycles. The van der Waals surface area contributed by atoms with Crippen LogP contribution in [0.1, 0.15) is 11.3 Å². The van der Waals surface area contributed by atoms with Gasteiger partial charge in [-0.15, -0.1) is 0 Å². The zero-order valence-corrected chi connectivity index (χ0v) is 14.8. The highest BCUT2D eigenvalue weighted by molar-refractivity contribution is 5.94. The smallest absolute Gasteiger partial charge is 0.231 e. The van der Waals surface area contributed by atoms with Crippen LogP contribution in [-0.4, -0.2) is 4.98 Å². The van der Waals surface area contributed by atoms with Crippen LogP contribution in [0.2, 0.25) is 0 Å². The fraction of sp³-hybridized carbons (Fsp3) is 0.136. The van der Waals surface area contributed by atoms with Gasteiger partial charge in [-0.25, -0.2) is 0 Å². The second kappa shape index (κ2) is 6.10. The van der Waals surface area contributed by atoms with Crippen molar-refractivity contribution in [1.82, 2.24) is 4.98 Å². The van der Waals surface area contributed by atoms with E-state index in [4.69, 9.17) is 0 Å². The maximum atomic E-state index is 4.34. The Labute approximate surface area is 147 Å². The lowest BCUT2D eigenvalue weighted by Crippen LogP contribution is -2.35. The number of aromatic nitrogens is 3. The van der Waals surface area contributed by atoms with E-state index in [1.165, 1.54) is 33.3 Å². The highest BCUT2D eigenvalue weighted by Crippen LogP contribution is 2.31. The van der Waals surface area contributed by atoms with Gasteiger partial charge < -0.3 is 0 Å². The van der Waals surface area contributed by atoms with E-state index in [-0.39, 0.29) is 0 Å². The van der Waals surface area contributed by atoms with Crippen molar-refractivity contribution in [2.75, 3.05) is 0 Å². The molecule has 0 saturated carbocycles. The SMILES string of the molecule is Cc1c(-c2cncc[n+]2C)cc2ccccc2c1-[n+]1ccccc1C. The van der Waals surface area contributed by atoms with Crippen molar-refractivity contribution in [1.29, 1.82) is 0 Å². The van der Waals surface area contributed by atoms with Crippen LogP contribution < -0.4 is 9.13 Å². The van der Waals surface area contributed by atoms with Crippen LogP contribution in [-0.2, 0) is 7.05 Å². The molecule has 0 aliphatic carbocycles. The molecule has 2 aromatic carbocycles. The van der Waals surface area contributed by atoms with E-state index in [9.17, 15) is 0 Å². The maximum absolute atomic E-state index is 4.34. The molecule has 0 spiro atoms. The number of rotatable bonds is 2. The molecule has 3 nitrogen and oxygen atoms in total. The van der Waals surface area contributed by atoms with Crippen molar-refractivity contribution in [3.05, 3.63) is 84.6 Å². The molecule has 25 heavy (non-hydrogen) atoms. The summed E-state index contributed by atoms with van der Waals surface area (Å²) in [5, 5.41) is 2.49. The Morgan fingerprint density at radius 1 is 0.920 bits per heavy atom. The zero-order valence-electron chi connectivity index (χ0n) is 14.8. The summed E-state index contributed by atoms with van der Waals surface area (Å²) in [7, 11) is 2.06. The Balaban J connectivity index is 2.13. The Kier molecular flexibility index (Phi) is 3.77. The first-order valence-corrected chi connectivity index (χ1v) is 8.47. The predicted molar refractivity (Wildman–Crippen MR) is 99.4 cm³/mol. The summed E-state index contributed by atoms with van der Waals surface area (Å²) >= 11 is 0. The summed E-state index contributed by atoms with van der Waals surface area (Å²) in [5.41, 5.74) is 6.02. The van der Waals surface area contributed by atoms with Crippen LogP contribution in [0.5, 0.6) is 0 Å². The van der Waals surface area contributed by atoms with E-state index < -0.39 is 0 Å². The van der Waals surface area contributed by atoms with Crippen molar-refractivity contribution in [3.63, 3.8) is 0 Å². The standard InChI is InChI=1S/C22H21N3/c1-16-8-6-7-12-25(16)22-17(2)20(21-15-23-11-13-24(21)3)14-18-9-4-5-10-19(18)22/h4-15H,1-3H3/q+2. The van der Waals surface area contributed by atoms with Gasteiger partial charge >= 0.3 is 0 Å². The van der Waals surface area contributed by atoms with Crippen LogP contribution in [0.3, 0.4) is 0 Å². The van der Waals surface area contributed by atoms with Crippen LogP contribution in [0, 0.1) is 13.8 Å². The number of hydrogen-bond donors (Lipinski definition) is 0. The predicted octanol–water partition coefficient (Wildman–Crippen LogP) is 3.62. The third-order valence-electron chi connectivity index (χ3n) is 4.81. The van der Waals surface area contributed by atoms with Gasteiger partial charge in [-0.3, -0.25) is 4.98 Å². The molecule has 0 saturated heterocycles. The molecule has 0 bridgehead atoms. The first-order valence-electron chi connectivity index (χ1n) is 8.47. The molecule has 3 heteroatoms. The van der Waals surface area contributed by atoms with E-state index in [0.29, 0.717) is 0 Å². The lowest BCUT2D eigenvalue weighted by Gasteiger charge is -2.11. The van der Waals surface area contributed by atoms with Crippen molar-refractivity contribution >= 4 is 10.8 Å². The van der Waals surface area contributed by atoms with Gasteiger partial charge in [-0.2, -0.15) is 9.13 Å². The van der Waals surface area contributed by atoms with Crippen LogP contribution >= 0.6 is 0 Å². The molecule has 4 rings (SSSR count). The first kappa shape index (κ1) is 15.5. The molecule has 122 valence electrons. The Morgan fingerprint density at radius 2 is 1.72 bits per heavy atom. The molecule has 0 unspecified atom stereocenters. The van der Waals surface area contributed by atoms with E-state index >= 15 is 0 Å². The minimum Gasteiger partial charge on any atom is -0.252 e.